The molecule has 1 aromatic rings. The second kappa shape index (κ2) is 7.71. The van der Waals surface area contributed by atoms with Gasteiger partial charge in [-0.25, -0.2) is 0 Å². The first-order valence-electron chi connectivity index (χ1n) is 7.97. The predicted octanol–water partition coefficient (Wildman–Crippen LogP) is 1.61. The average Bonchev–Trinajstić information content (AvgIpc) is 2.84. The zero-order valence-corrected chi connectivity index (χ0v) is 13.8. The summed E-state index contributed by atoms with van der Waals surface area (Å²) < 4.78 is 0. The molecule has 0 bridgehead atoms. The lowest BCUT2D eigenvalue weighted by Gasteiger charge is -2.21. The van der Waals surface area contributed by atoms with Crippen molar-refractivity contribution in [3.8, 4) is 0 Å². The fourth-order valence-electron chi connectivity index (χ4n) is 2.80. The van der Waals surface area contributed by atoms with Gasteiger partial charge in [-0.05, 0) is 50.5 Å². The lowest BCUT2D eigenvalue weighted by molar-refractivity contribution is 0.395. The lowest BCUT2D eigenvalue weighted by Crippen LogP contribution is -2.28. The molecule has 5 nitrogen and oxygen atoms in total. The van der Waals surface area contributed by atoms with E-state index in [1.165, 1.54) is 19.5 Å². The Morgan fingerprint density at radius 2 is 2.19 bits per heavy atom. The van der Waals surface area contributed by atoms with Crippen molar-refractivity contribution >= 4 is 5.82 Å². The van der Waals surface area contributed by atoms with E-state index in [0.29, 0.717) is 5.92 Å². The van der Waals surface area contributed by atoms with Gasteiger partial charge in [0.05, 0.1) is 5.69 Å². The number of nitrogens with one attached hydrogen (secondary N) is 1. The maximum Gasteiger partial charge on any atom is 0.150 e. The van der Waals surface area contributed by atoms with Gasteiger partial charge < -0.3 is 15.1 Å². The zero-order valence-electron chi connectivity index (χ0n) is 13.8. The highest BCUT2D eigenvalue weighted by molar-refractivity contribution is 5.36. The Hall–Kier alpha value is -1.20. The third-order valence-electron chi connectivity index (χ3n) is 3.98. The van der Waals surface area contributed by atoms with Gasteiger partial charge in [-0.3, -0.25) is 0 Å². The smallest absolute Gasteiger partial charge is 0.150 e. The zero-order chi connectivity index (χ0) is 15.2. The number of rotatable bonds is 7. The topological polar surface area (TPSA) is 44.3 Å². The molecule has 5 heteroatoms. The standard InChI is InChI=1S/C16H29N5/c1-13(2)9-17-10-15-5-6-16(19-18-15)21(4)12-14-7-8-20(3)11-14/h5-6,13-14,17H,7-12H2,1-4H3. The van der Waals surface area contributed by atoms with Crippen molar-refractivity contribution in [2.75, 3.05) is 45.2 Å². The molecule has 21 heavy (non-hydrogen) atoms. The summed E-state index contributed by atoms with van der Waals surface area (Å²) in [6.07, 6.45) is 1.28. The van der Waals surface area contributed by atoms with Crippen LogP contribution in [0.2, 0.25) is 0 Å². The Balaban J connectivity index is 1.80. The van der Waals surface area contributed by atoms with Crippen molar-refractivity contribution < 1.29 is 0 Å². The van der Waals surface area contributed by atoms with Crippen LogP contribution in [0.1, 0.15) is 26.0 Å². The molecular weight excluding hydrogens is 262 g/mol. The van der Waals surface area contributed by atoms with E-state index < -0.39 is 0 Å². The number of likely N-dealkylation sites (tertiary alicyclic amines) is 1. The van der Waals surface area contributed by atoms with Crippen molar-refractivity contribution in [3.63, 3.8) is 0 Å². The van der Waals surface area contributed by atoms with E-state index in [2.05, 4.69) is 65.4 Å². The molecule has 2 rings (SSSR count). The van der Waals surface area contributed by atoms with Gasteiger partial charge in [0.2, 0.25) is 0 Å². The first-order chi connectivity index (χ1) is 10.0. The van der Waals surface area contributed by atoms with Crippen LogP contribution in [0.3, 0.4) is 0 Å². The van der Waals surface area contributed by atoms with Crippen LogP contribution in [0.15, 0.2) is 12.1 Å². The maximum atomic E-state index is 4.36. The molecule has 0 aromatic carbocycles. The summed E-state index contributed by atoms with van der Waals surface area (Å²) in [6.45, 7) is 9.68. The van der Waals surface area contributed by atoms with Gasteiger partial charge in [0.1, 0.15) is 0 Å². The lowest BCUT2D eigenvalue weighted by atomic mass is 10.1. The summed E-state index contributed by atoms with van der Waals surface area (Å²) in [5, 5.41) is 12.1. The Bertz CT molecular complexity index is 417. The fraction of sp³-hybridized carbons (Fsp3) is 0.750. The molecule has 0 aliphatic carbocycles. The van der Waals surface area contributed by atoms with Gasteiger partial charge in [-0.15, -0.1) is 5.10 Å². The molecule has 1 aliphatic heterocycles. The largest absolute Gasteiger partial charge is 0.358 e. The summed E-state index contributed by atoms with van der Waals surface area (Å²) in [6, 6.07) is 4.16. The molecule has 0 spiro atoms. The van der Waals surface area contributed by atoms with Crippen molar-refractivity contribution in [1.29, 1.82) is 0 Å². The summed E-state index contributed by atoms with van der Waals surface area (Å²) in [4.78, 5) is 4.62. The molecule has 1 unspecified atom stereocenters. The molecule has 0 saturated carbocycles. The summed E-state index contributed by atoms with van der Waals surface area (Å²) in [5.41, 5.74) is 1.01. The molecule has 1 aliphatic rings. The number of aromatic nitrogens is 2. The molecule has 1 N–H and O–H groups in total. The minimum absolute atomic E-state index is 0.660. The van der Waals surface area contributed by atoms with E-state index in [9.17, 15) is 0 Å². The van der Waals surface area contributed by atoms with Crippen LogP contribution in [-0.2, 0) is 6.54 Å². The van der Waals surface area contributed by atoms with E-state index in [-0.39, 0.29) is 0 Å². The number of anilines is 1. The number of nitrogens with zero attached hydrogens (tertiary/aromatic N) is 4. The average molecular weight is 291 g/mol. The number of hydrogen-bond donors (Lipinski definition) is 1. The first-order valence-corrected chi connectivity index (χ1v) is 7.97. The third kappa shape index (κ3) is 5.25. The van der Waals surface area contributed by atoms with Gasteiger partial charge in [0.25, 0.3) is 0 Å². The van der Waals surface area contributed by atoms with Gasteiger partial charge in [-0.1, -0.05) is 13.8 Å². The Morgan fingerprint density at radius 1 is 1.38 bits per heavy atom. The van der Waals surface area contributed by atoms with Gasteiger partial charge in [0.15, 0.2) is 5.82 Å². The van der Waals surface area contributed by atoms with Crippen LogP contribution in [0, 0.1) is 11.8 Å². The van der Waals surface area contributed by atoms with Crippen LogP contribution in [-0.4, -0.2) is 55.4 Å². The SMILES string of the molecule is CC(C)CNCc1ccc(N(C)CC2CCN(C)C2)nn1. The predicted molar refractivity (Wildman–Crippen MR) is 87.5 cm³/mol. The van der Waals surface area contributed by atoms with Gasteiger partial charge in [-0.2, -0.15) is 5.10 Å². The first kappa shape index (κ1) is 16.2. The van der Waals surface area contributed by atoms with E-state index >= 15 is 0 Å². The van der Waals surface area contributed by atoms with E-state index in [1.807, 2.05) is 0 Å². The van der Waals surface area contributed by atoms with Crippen LogP contribution in [0.4, 0.5) is 5.82 Å². The Morgan fingerprint density at radius 3 is 2.76 bits per heavy atom. The van der Waals surface area contributed by atoms with Gasteiger partial charge in [0, 0.05) is 26.7 Å². The van der Waals surface area contributed by atoms with Crippen molar-refractivity contribution in [1.82, 2.24) is 20.4 Å². The van der Waals surface area contributed by atoms with Crippen molar-refractivity contribution in [3.05, 3.63) is 17.8 Å². The highest BCUT2D eigenvalue weighted by Gasteiger charge is 2.21. The van der Waals surface area contributed by atoms with Crippen molar-refractivity contribution in [2.45, 2.75) is 26.8 Å². The molecule has 1 atom stereocenters. The quantitative estimate of drug-likeness (QED) is 0.827. The molecule has 118 valence electrons. The fourth-order valence-corrected chi connectivity index (χ4v) is 2.80. The van der Waals surface area contributed by atoms with Crippen LogP contribution in [0.5, 0.6) is 0 Å². The Labute approximate surface area is 128 Å². The molecule has 1 saturated heterocycles. The van der Waals surface area contributed by atoms with E-state index in [1.54, 1.807) is 0 Å². The highest BCUT2D eigenvalue weighted by Crippen LogP contribution is 2.17. The van der Waals surface area contributed by atoms with E-state index in [0.717, 1.165) is 37.1 Å². The molecule has 1 aromatic heterocycles. The summed E-state index contributed by atoms with van der Waals surface area (Å²) in [5.74, 6) is 2.37. The third-order valence-corrected chi connectivity index (χ3v) is 3.98. The van der Waals surface area contributed by atoms with Crippen LogP contribution >= 0.6 is 0 Å². The molecular formula is C16H29N5. The Kier molecular flexibility index (Phi) is 5.94. The molecule has 1 fully saturated rings. The second-order valence-corrected chi connectivity index (χ2v) is 6.71. The van der Waals surface area contributed by atoms with Crippen LogP contribution < -0.4 is 10.2 Å². The minimum Gasteiger partial charge on any atom is -0.358 e. The highest BCUT2D eigenvalue weighted by atomic mass is 15.3. The number of hydrogen-bond acceptors (Lipinski definition) is 5. The summed E-state index contributed by atoms with van der Waals surface area (Å²) >= 11 is 0. The van der Waals surface area contributed by atoms with E-state index in [4.69, 9.17) is 0 Å². The van der Waals surface area contributed by atoms with Crippen LogP contribution in [0.25, 0.3) is 0 Å². The normalized spacial score (nSPS) is 19.4. The maximum absolute atomic E-state index is 4.36. The molecule has 2 heterocycles. The second-order valence-electron chi connectivity index (χ2n) is 6.71. The molecule has 0 amide bonds. The molecule has 0 radical (unpaired) electrons. The summed E-state index contributed by atoms with van der Waals surface area (Å²) in [7, 11) is 4.30. The van der Waals surface area contributed by atoms with Gasteiger partial charge >= 0.3 is 0 Å². The minimum atomic E-state index is 0.660. The van der Waals surface area contributed by atoms with Crippen molar-refractivity contribution in [2.24, 2.45) is 11.8 Å². The monoisotopic (exact) mass is 291 g/mol.